The second kappa shape index (κ2) is 8.01. The fourth-order valence-corrected chi connectivity index (χ4v) is 3.71. The molecule has 5 nitrogen and oxygen atoms in total. The summed E-state index contributed by atoms with van der Waals surface area (Å²) in [5.74, 6) is -0.141. The molecule has 0 aliphatic heterocycles. The third kappa shape index (κ3) is 4.40. The number of nitrogens with two attached hydrogens (primary N) is 1. The highest BCUT2D eigenvalue weighted by Crippen LogP contribution is 2.23. The van der Waals surface area contributed by atoms with Crippen LogP contribution in [0, 0.1) is 0 Å². The van der Waals surface area contributed by atoms with Gasteiger partial charge in [-0.2, -0.15) is 0 Å². The van der Waals surface area contributed by atoms with Crippen LogP contribution in [0.15, 0.2) is 60.0 Å². The van der Waals surface area contributed by atoms with Crippen LogP contribution in [0.4, 0.5) is 4.79 Å². The van der Waals surface area contributed by atoms with E-state index in [9.17, 15) is 9.59 Å². The van der Waals surface area contributed by atoms with E-state index in [1.165, 1.54) is 11.3 Å². The van der Waals surface area contributed by atoms with Crippen molar-refractivity contribution >= 4 is 34.0 Å². The Kier molecular flexibility index (Phi) is 5.53. The average Bonchev–Trinajstić information content (AvgIpc) is 3.15. The van der Waals surface area contributed by atoms with Crippen molar-refractivity contribution in [2.24, 2.45) is 5.73 Å². The first-order valence-electron chi connectivity index (χ1n) is 8.40. The molecule has 0 bridgehead atoms. The zero-order chi connectivity index (χ0) is 18.5. The van der Waals surface area contributed by atoms with Crippen LogP contribution in [0.3, 0.4) is 0 Å². The van der Waals surface area contributed by atoms with Gasteiger partial charge in [0.2, 0.25) is 5.91 Å². The first kappa shape index (κ1) is 17.9. The average molecular weight is 367 g/mol. The summed E-state index contributed by atoms with van der Waals surface area (Å²) in [5.41, 5.74) is 6.28. The van der Waals surface area contributed by atoms with Crippen LogP contribution in [0.1, 0.15) is 35.9 Å². The van der Waals surface area contributed by atoms with Crippen molar-refractivity contribution in [1.82, 2.24) is 10.6 Å². The summed E-state index contributed by atoms with van der Waals surface area (Å²) in [7, 11) is 0. The number of carbonyl (C=O) groups is 2. The molecule has 2 unspecified atom stereocenters. The lowest BCUT2D eigenvalue weighted by atomic mass is 10.0. The molecule has 1 aromatic heterocycles. The number of thiophene rings is 1. The predicted molar refractivity (Wildman–Crippen MR) is 105 cm³/mol. The monoisotopic (exact) mass is 367 g/mol. The zero-order valence-corrected chi connectivity index (χ0v) is 15.3. The molecule has 0 spiro atoms. The minimum Gasteiger partial charge on any atom is -0.352 e. The largest absolute Gasteiger partial charge is 0.352 e. The first-order valence-corrected chi connectivity index (χ1v) is 9.28. The van der Waals surface area contributed by atoms with Gasteiger partial charge in [0.1, 0.15) is 0 Å². The van der Waals surface area contributed by atoms with E-state index in [0.29, 0.717) is 0 Å². The van der Waals surface area contributed by atoms with Crippen LogP contribution in [-0.4, -0.2) is 11.9 Å². The minimum atomic E-state index is -0.640. The molecule has 6 heteroatoms. The van der Waals surface area contributed by atoms with Gasteiger partial charge in [-0.25, -0.2) is 4.79 Å². The van der Waals surface area contributed by atoms with Gasteiger partial charge in [0, 0.05) is 4.88 Å². The van der Waals surface area contributed by atoms with Crippen molar-refractivity contribution in [1.29, 1.82) is 0 Å². The number of amides is 3. The van der Waals surface area contributed by atoms with Gasteiger partial charge in [-0.1, -0.05) is 42.5 Å². The van der Waals surface area contributed by atoms with E-state index < -0.39 is 12.1 Å². The Hall–Kier alpha value is -2.86. The van der Waals surface area contributed by atoms with Gasteiger partial charge in [0.25, 0.3) is 0 Å². The number of benzene rings is 2. The van der Waals surface area contributed by atoms with Crippen LogP contribution in [0.5, 0.6) is 0 Å². The molecule has 0 fully saturated rings. The Bertz CT molecular complexity index is 908. The van der Waals surface area contributed by atoms with Crippen molar-refractivity contribution in [2.75, 3.05) is 0 Å². The molecule has 3 rings (SSSR count). The Morgan fingerprint density at radius 3 is 2.50 bits per heavy atom. The molecule has 0 aliphatic rings. The van der Waals surface area contributed by atoms with Gasteiger partial charge in [-0.3, -0.25) is 4.79 Å². The molecule has 2 atom stereocenters. The number of primary amides is 1. The van der Waals surface area contributed by atoms with E-state index in [1.54, 1.807) is 0 Å². The molecular weight excluding hydrogens is 346 g/mol. The van der Waals surface area contributed by atoms with E-state index in [-0.39, 0.29) is 18.4 Å². The molecule has 0 radical (unpaired) electrons. The lowest BCUT2D eigenvalue weighted by molar-refractivity contribution is -0.122. The summed E-state index contributed by atoms with van der Waals surface area (Å²) in [6.07, 6.45) is 0.140. The molecule has 134 valence electrons. The Labute approximate surface area is 156 Å². The number of hydrogen-bond donors (Lipinski definition) is 3. The standard InChI is InChI=1S/C20H21N3O2S/c1-13(15-9-8-14-5-2-3-6-16(14)11-15)22-19(24)12-17(23-20(21)25)18-7-4-10-26-18/h2-11,13,17H,12H2,1H3,(H,22,24)(H3,21,23,25). The molecule has 3 amide bonds. The Balaban J connectivity index is 1.68. The Morgan fingerprint density at radius 1 is 1.04 bits per heavy atom. The number of nitrogens with one attached hydrogen (secondary N) is 2. The van der Waals surface area contributed by atoms with Crippen LogP contribution < -0.4 is 16.4 Å². The van der Waals surface area contributed by atoms with E-state index in [4.69, 9.17) is 5.73 Å². The van der Waals surface area contributed by atoms with E-state index in [0.717, 1.165) is 21.2 Å². The number of rotatable bonds is 6. The van der Waals surface area contributed by atoms with Gasteiger partial charge in [-0.15, -0.1) is 11.3 Å². The summed E-state index contributed by atoms with van der Waals surface area (Å²) in [5, 5.41) is 9.84. The van der Waals surface area contributed by atoms with Gasteiger partial charge >= 0.3 is 6.03 Å². The predicted octanol–water partition coefficient (Wildman–Crippen LogP) is 3.88. The fraction of sp³-hybridized carbons (Fsp3) is 0.200. The number of hydrogen-bond acceptors (Lipinski definition) is 3. The van der Waals surface area contributed by atoms with Gasteiger partial charge < -0.3 is 16.4 Å². The van der Waals surface area contributed by atoms with Crippen molar-refractivity contribution in [3.8, 4) is 0 Å². The molecule has 3 aromatic rings. The Morgan fingerprint density at radius 2 is 1.81 bits per heavy atom. The summed E-state index contributed by atoms with van der Waals surface area (Å²) < 4.78 is 0. The van der Waals surface area contributed by atoms with Gasteiger partial charge in [-0.05, 0) is 40.8 Å². The summed E-state index contributed by atoms with van der Waals surface area (Å²) >= 11 is 1.48. The second-order valence-electron chi connectivity index (χ2n) is 6.18. The SMILES string of the molecule is CC(NC(=O)CC(NC(N)=O)c1cccs1)c1ccc2ccccc2c1. The van der Waals surface area contributed by atoms with E-state index in [1.807, 2.05) is 42.6 Å². The lowest BCUT2D eigenvalue weighted by Crippen LogP contribution is -2.36. The van der Waals surface area contributed by atoms with Crippen LogP contribution in [0.2, 0.25) is 0 Å². The maximum absolute atomic E-state index is 12.5. The van der Waals surface area contributed by atoms with Crippen molar-refractivity contribution in [3.63, 3.8) is 0 Å². The molecule has 0 saturated heterocycles. The number of carbonyl (C=O) groups excluding carboxylic acids is 2. The smallest absolute Gasteiger partial charge is 0.312 e. The third-order valence-electron chi connectivity index (χ3n) is 4.24. The molecule has 26 heavy (non-hydrogen) atoms. The number of urea groups is 1. The molecular formula is C20H21N3O2S. The third-order valence-corrected chi connectivity index (χ3v) is 5.23. The molecule has 4 N–H and O–H groups in total. The quantitative estimate of drug-likeness (QED) is 0.618. The minimum absolute atomic E-state index is 0.135. The van der Waals surface area contributed by atoms with E-state index in [2.05, 4.69) is 34.9 Å². The topological polar surface area (TPSA) is 84.2 Å². The van der Waals surface area contributed by atoms with Crippen molar-refractivity contribution < 1.29 is 9.59 Å². The highest BCUT2D eigenvalue weighted by atomic mass is 32.1. The maximum atomic E-state index is 12.5. The fourth-order valence-electron chi connectivity index (χ4n) is 2.93. The molecule has 0 aliphatic carbocycles. The lowest BCUT2D eigenvalue weighted by Gasteiger charge is -2.19. The maximum Gasteiger partial charge on any atom is 0.312 e. The number of fused-ring (bicyclic) bond motifs is 1. The molecule has 1 heterocycles. The highest BCUT2D eigenvalue weighted by molar-refractivity contribution is 7.10. The van der Waals surface area contributed by atoms with Gasteiger partial charge in [0.15, 0.2) is 0 Å². The summed E-state index contributed by atoms with van der Waals surface area (Å²) in [4.78, 5) is 24.6. The van der Waals surface area contributed by atoms with Crippen molar-refractivity contribution in [3.05, 3.63) is 70.4 Å². The molecule has 0 saturated carbocycles. The first-order chi connectivity index (χ1) is 12.5. The van der Waals surface area contributed by atoms with Crippen LogP contribution in [0.25, 0.3) is 10.8 Å². The normalized spacial score (nSPS) is 13.1. The summed E-state index contributed by atoms with van der Waals surface area (Å²) in [6.45, 7) is 1.95. The van der Waals surface area contributed by atoms with Crippen LogP contribution in [-0.2, 0) is 4.79 Å². The van der Waals surface area contributed by atoms with E-state index >= 15 is 0 Å². The molecule has 2 aromatic carbocycles. The van der Waals surface area contributed by atoms with Crippen molar-refractivity contribution in [2.45, 2.75) is 25.4 Å². The van der Waals surface area contributed by atoms with Crippen LogP contribution >= 0.6 is 11.3 Å². The second-order valence-corrected chi connectivity index (χ2v) is 7.16. The summed E-state index contributed by atoms with van der Waals surface area (Å²) in [6, 6.07) is 16.8. The van der Waals surface area contributed by atoms with Gasteiger partial charge in [0.05, 0.1) is 18.5 Å². The highest BCUT2D eigenvalue weighted by Gasteiger charge is 2.19. The zero-order valence-electron chi connectivity index (χ0n) is 14.4.